The standard InChI is InChI=1S/C21H23ClN2O3/c1-21(2,3)24-20(27)16-10-12(8-9-23-16)11-18(26)14-5-4-13-15(22)6-7-17(25)19(13)14/h6-10,14,25H,4-5,11H2,1-3H3,(H,24,27)/t14-/m1/s1. The molecule has 0 bridgehead atoms. The summed E-state index contributed by atoms with van der Waals surface area (Å²) in [5.41, 5.74) is 2.15. The van der Waals surface area contributed by atoms with Crippen LogP contribution in [0.15, 0.2) is 30.5 Å². The lowest BCUT2D eigenvalue weighted by molar-refractivity contribution is -0.119. The lowest BCUT2D eigenvalue weighted by atomic mass is 9.92. The SMILES string of the molecule is CC(C)(C)NC(=O)c1cc(CC(=O)[C@H]2CCc3c(Cl)ccc(O)c32)ccn1. The van der Waals surface area contributed by atoms with E-state index in [0.29, 0.717) is 23.4 Å². The molecule has 0 spiro atoms. The molecule has 142 valence electrons. The van der Waals surface area contributed by atoms with Crippen molar-refractivity contribution >= 4 is 23.3 Å². The van der Waals surface area contributed by atoms with E-state index in [2.05, 4.69) is 10.3 Å². The zero-order valence-corrected chi connectivity index (χ0v) is 16.4. The Balaban J connectivity index is 1.78. The molecular weight excluding hydrogens is 364 g/mol. The van der Waals surface area contributed by atoms with Crippen molar-refractivity contribution < 1.29 is 14.7 Å². The Hall–Kier alpha value is -2.40. The average molecular weight is 387 g/mol. The molecule has 0 saturated heterocycles. The summed E-state index contributed by atoms with van der Waals surface area (Å²) < 4.78 is 0. The largest absolute Gasteiger partial charge is 0.508 e. The van der Waals surface area contributed by atoms with Crippen molar-refractivity contribution in [3.05, 3.63) is 57.9 Å². The van der Waals surface area contributed by atoms with Gasteiger partial charge in [-0.3, -0.25) is 14.6 Å². The molecule has 2 N–H and O–H groups in total. The van der Waals surface area contributed by atoms with E-state index in [4.69, 9.17) is 11.6 Å². The first-order valence-corrected chi connectivity index (χ1v) is 9.34. The first-order valence-electron chi connectivity index (χ1n) is 8.96. The molecule has 0 unspecified atom stereocenters. The number of fused-ring (bicyclic) bond motifs is 1. The van der Waals surface area contributed by atoms with Gasteiger partial charge in [0.2, 0.25) is 0 Å². The van der Waals surface area contributed by atoms with E-state index >= 15 is 0 Å². The van der Waals surface area contributed by atoms with Gasteiger partial charge in [-0.2, -0.15) is 0 Å². The predicted molar refractivity (Wildman–Crippen MR) is 104 cm³/mol. The highest BCUT2D eigenvalue weighted by molar-refractivity contribution is 6.31. The third-order valence-corrected chi connectivity index (χ3v) is 4.98. The van der Waals surface area contributed by atoms with Gasteiger partial charge in [-0.25, -0.2) is 0 Å². The van der Waals surface area contributed by atoms with E-state index in [1.807, 2.05) is 20.8 Å². The maximum atomic E-state index is 12.9. The summed E-state index contributed by atoms with van der Waals surface area (Å²) in [6.07, 6.45) is 3.02. The van der Waals surface area contributed by atoms with Crippen molar-refractivity contribution in [2.75, 3.05) is 0 Å². The van der Waals surface area contributed by atoms with Crippen molar-refractivity contribution in [3.63, 3.8) is 0 Å². The maximum absolute atomic E-state index is 12.9. The number of carbonyl (C=O) groups excluding carboxylic acids is 2. The molecule has 1 heterocycles. The molecule has 0 aliphatic heterocycles. The summed E-state index contributed by atoms with van der Waals surface area (Å²) in [7, 11) is 0. The van der Waals surface area contributed by atoms with Crippen LogP contribution in [0.3, 0.4) is 0 Å². The number of rotatable bonds is 4. The Kier molecular flexibility index (Phi) is 5.24. The molecule has 1 aromatic carbocycles. The van der Waals surface area contributed by atoms with E-state index in [-0.39, 0.29) is 41.0 Å². The number of benzene rings is 1. The second-order valence-electron chi connectivity index (χ2n) is 7.95. The molecule has 5 nitrogen and oxygen atoms in total. The van der Waals surface area contributed by atoms with Crippen molar-refractivity contribution in [3.8, 4) is 5.75 Å². The van der Waals surface area contributed by atoms with E-state index in [9.17, 15) is 14.7 Å². The summed E-state index contributed by atoms with van der Waals surface area (Å²) in [6, 6.07) is 6.58. The molecule has 0 saturated carbocycles. The first kappa shape index (κ1) is 19.4. The first-order chi connectivity index (χ1) is 12.7. The van der Waals surface area contributed by atoms with Crippen LogP contribution in [0.4, 0.5) is 0 Å². The third-order valence-electron chi connectivity index (χ3n) is 4.62. The number of ketones is 1. The van der Waals surface area contributed by atoms with Crippen LogP contribution in [0.1, 0.15) is 60.3 Å². The maximum Gasteiger partial charge on any atom is 0.270 e. The molecule has 1 atom stereocenters. The van der Waals surface area contributed by atoms with Gasteiger partial charge in [-0.15, -0.1) is 0 Å². The van der Waals surface area contributed by atoms with E-state index < -0.39 is 0 Å². The van der Waals surface area contributed by atoms with E-state index in [1.165, 1.54) is 12.3 Å². The summed E-state index contributed by atoms with van der Waals surface area (Å²) in [5, 5.41) is 13.6. The Bertz CT molecular complexity index is 903. The molecule has 1 aliphatic carbocycles. The van der Waals surface area contributed by atoms with Crippen LogP contribution in [0.25, 0.3) is 0 Å². The van der Waals surface area contributed by atoms with Crippen LogP contribution in [-0.2, 0) is 17.6 Å². The van der Waals surface area contributed by atoms with E-state index in [1.54, 1.807) is 18.2 Å². The molecule has 6 heteroatoms. The van der Waals surface area contributed by atoms with Crippen LogP contribution < -0.4 is 5.32 Å². The molecule has 0 fully saturated rings. The number of carbonyl (C=O) groups is 2. The van der Waals surface area contributed by atoms with Gasteiger partial charge >= 0.3 is 0 Å². The number of aromatic nitrogens is 1. The van der Waals surface area contributed by atoms with Gasteiger partial charge in [0.25, 0.3) is 5.91 Å². The van der Waals surface area contributed by atoms with Crippen molar-refractivity contribution in [1.29, 1.82) is 0 Å². The van der Waals surface area contributed by atoms with Gasteiger partial charge in [0, 0.05) is 34.7 Å². The molecule has 1 aliphatic rings. The topological polar surface area (TPSA) is 79.3 Å². The minimum Gasteiger partial charge on any atom is -0.508 e. The monoisotopic (exact) mass is 386 g/mol. The average Bonchev–Trinajstić information content (AvgIpc) is 3.03. The minimum atomic E-state index is -0.376. The Morgan fingerprint density at radius 2 is 2.04 bits per heavy atom. The number of Topliss-reactive ketones (excluding diaryl/α,β-unsaturated/α-hetero) is 1. The highest BCUT2D eigenvalue weighted by atomic mass is 35.5. The number of nitrogens with zero attached hydrogens (tertiary/aromatic N) is 1. The third kappa shape index (κ3) is 4.30. The number of pyridine rings is 1. The molecule has 2 aromatic rings. The van der Waals surface area contributed by atoms with Crippen LogP contribution >= 0.6 is 11.6 Å². The van der Waals surface area contributed by atoms with Crippen LogP contribution in [-0.4, -0.2) is 27.3 Å². The fourth-order valence-electron chi connectivity index (χ4n) is 3.46. The molecule has 1 amide bonds. The number of hydrogen-bond donors (Lipinski definition) is 2. The number of hydrogen-bond acceptors (Lipinski definition) is 4. The van der Waals surface area contributed by atoms with Gasteiger partial charge in [-0.1, -0.05) is 11.6 Å². The van der Waals surface area contributed by atoms with Gasteiger partial charge in [-0.05, 0) is 69.0 Å². The Morgan fingerprint density at radius 3 is 2.74 bits per heavy atom. The number of aromatic hydroxyl groups is 1. The number of phenolic OH excluding ortho intramolecular Hbond substituents is 1. The molecular formula is C21H23ClN2O3. The summed E-state index contributed by atoms with van der Waals surface area (Å²) in [5.74, 6) is -0.531. The normalized spacial score (nSPS) is 16.1. The Labute approximate surface area is 163 Å². The minimum absolute atomic E-state index is 0.000281. The molecule has 3 rings (SSSR count). The van der Waals surface area contributed by atoms with Gasteiger partial charge in [0.15, 0.2) is 0 Å². The Morgan fingerprint density at radius 1 is 1.30 bits per heavy atom. The summed E-state index contributed by atoms with van der Waals surface area (Å²) >= 11 is 6.21. The number of phenols is 1. The van der Waals surface area contributed by atoms with Crippen LogP contribution in [0.2, 0.25) is 5.02 Å². The second-order valence-corrected chi connectivity index (χ2v) is 8.35. The summed E-state index contributed by atoms with van der Waals surface area (Å²) in [6.45, 7) is 5.69. The zero-order valence-electron chi connectivity index (χ0n) is 15.7. The number of nitrogens with one attached hydrogen (secondary N) is 1. The lowest BCUT2D eigenvalue weighted by Gasteiger charge is -2.20. The van der Waals surface area contributed by atoms with Gasteiger partial charge < -0.3 is 10.4 Å². The van der Waals surface area contributed by atoms with Crippen molar-refractivity contribution in [2.24, 2.45) is 0 Å². The molecule has 0 radical (unpaired) electrons. The fraction of sp³-hybridized carbons (Fsp3) is 0.381. The second kappa shape index (κ2) is 7.31. The molecule has 27 heavy (non-hydrogen) atoms. The lowest BCUT2D eigenvalue weighted by Crippen LogP contribution is -2.40. The highest BCUT2D eigenvalue weighted by Gasteiger charge is 2.32. The summed E-state index contributed by atoms with van der Waals surface area (Å²) in [4.78, 5) is 29.3. The quantitative estimate of drug-likeness (QED) is 0.837. The molecule has 1 aromatic heterocycles. The smallest absolute Gasteiger partial charge is 0.270 e. The van der Waals surface area contributed by atoms with Gasteiger partial charge in [0.05, 0.1) is 0 Å². The van der Waals surface area contributed by atoms with Crippen molar-refractivity contribution in [2.45, 2.75) is 51.5 Å². The number of amides is 1. The number of halogens is 1. The van der Waals surface area contributed by atoms with Crippen LogP contribution in [0, 0.1) is 0 Å². The predicted octanol–water partition coefficient (Wildman–Crippen LogP) is 3.81. The van der Waals surface area contributed by atoms with Gasteiger partial charge in [0.1, 0.15) is 17.2 Å². The zero-order chi connectivity index (χ0) is 19.8. The van der Waals surface area contributed by atoms with Crippen molar-refractivity contribution in [1.82, 2.24) is 10.3 Å². The fourth-order valence-corrected chi connectivity index (χ4v) is 3.72. The van der Waals surface area contributed by atoms with Crippen LogP contribution in [0.5, 0.6) is 5.75 Å². The highest BCUT2D eigenvalue weighted by Crippen LogP contribution is 2.43. The van der Waals surface area contributed by atoms with E-state index in [0.717, 1.165) is 11.1 Å².